The number of thioether (sulfide) groups is 1. The van der Waals surface area contributed by atoms with Crippen molar-refractivity contribution in [2.45, 2.75) is 59.0 Å². The number of rotatable bonds is 4. The molecule has 1 fully saturated rings. The highest BCUT2D eigenvalue weighted by Gasteiger charge is 2.30. The maximum atomic E-state index is 4.73. The van der Waals surface area contributed by atoms with E-state index in [1.807, 2.05) is 11.8 Å². The van der Waals surface area contributed by atoms with Crippen LogP contribution in [0.4, 0.5) is 0 Å². The van der Waals surface area contributed by atoms with Crippen LogP contribution in [-0.2, 0) is 0 Å². The van der Waals surface area contributed by atoms with E-state index >= 15 is 0 Å². The number of amidine groups is 1. The average molecular weight is 228 g/mol. The van der Waals surface area contributed by atoms with Gasteiger partial charge in [-0.05, 0) is 32.6 Å². The summed E-state index contributed by atoms with van der Waals surface area (Å²) in [5, 5.41) is 4.68. The lowest BCUT2D eigenvalue weighted by molar-refractivity contribution is 0.463. The summed E-state index contributed by atoms with van der Waals surface area (Å²) in [6.45, 7) is 11.2. The first kappa shape index (κ1) is 12.9. The monoisotopic (exact) mass is 228 g/mol. The fraction of sp³-hybridized carbons (Fsp3) is 0.917. The van der Waals surface area contributed by atoms with E-state index in [1.54, 1.807) is 0 Å². The Morgan fingerprint density at radius 2 is 2.13 bits per heavy atom. The van der Waals surface area contributed by atoms with Gasteiger partial charge in [-0.2, -0.15) is 0 Å². The zero-order valence-electron chi connectivity index (χ0n) is 10.6. The van der Waals surface area contributed by atoms with E-state index in [0.29, 0.717) is 6.04 Å². The van der Waals surface area contributed by atoms with Crippen LogP contribution in [0.5, 0.6) is 0 Å². The predicted molar refractivity (Wildman–Crippen MR) is 70.6 cm³/mol. The average Bonchev–Trinajstić information content (AvgIpc) is 2.47. The normalized spacial score (nSPS) is 30.9. The molecule has 2 nitrogen and oxygen atoms in total. The van der Waals surface area contributed by atoms with Gasteiger partial charge in [-0.3, -0.25) is 4.99 Å². The van der Waals surface area contributed by atoms with E-state index in [2.05, 4.69) is 39.9 Å². The largest absolute Gasteiger partial charge is 0.359 e. The third kappa shape index (κ3) is 4.06. The summed E-state index contributed by atoms with van der Waals surface area (Å²) in [6, 6.07) is 0.444. The van der Waals surface area contributed by atoms with E-state index in [0.717, 1.165) is 23.3 Å². The summed E-state index contributed by atoms with van der Waals surface area (Å²) in [7, 11) is 0. The van der Waals surface area contributed by atoms with E-state index in [1.165, 1.54) is 6.42 Å². The maximum Gasteiger partial charge on any atom is 0.157 e. The highest BCUT2D eigenvalue weighted by Crippen LogP contribution is 2.26. The predicted octanol–water partition coefficient (Wildman–Crippen LogP) is 3.28. The van der Waals surface area contributed by atoms with Crippen LogP contribution in [0, 0.1) is 5.92 Å². The van der Waals surface area contributed by atoms with Crippen molar-refractivity contribution in [3.63, 3.8) is 0 Å². The Kier molecular flexibility index (Phi) is 4.50. The van der Waals surface area contributed by atoms with Gasteiger partial charge in [0.15, 0.2) is 5.17 Å². The van der Waals surface area contributed by atoms with Gasteiger partial charge < -0.3 is 5.32 Å². The third-order valence-electron chi connectivity index (χ3n) is 2.87. The van der Waals surface area contributed by atoms with Gasteiger partial charge in [-0.1, -0.05) is 32.5 Å². The van der Waals surface area contributed by atoms with Crippen molar-refractivity contribution >= 4 is 16.9 Å². The van der Waals surface area contributed by atoms with Gasteiger partial charge in [-0.25, -0.2) is 0 Å². The Balaban J connectivity index is 2.49. The van der Waals surface area contributed by atoms with Gasteiger partial charge in [0.25, 0.3) is 0 Å². The molecule has 1 saturated heterocycles. The van der Waals surface area contributed by atoms with Gasteiger partial charge in [-0.15, -0.1) is 0 Å². The minimum Gasteiger partial charge on any atom is -0.359 e. The van der Waals surface area contributed by atoms with Crippen LogP contribution < -0.4 is 5.32 Å². The fourth-order valence-corrected chi connectivity index (χ4v) is 3.06. The quantitative estimate of drug-likeness (QED) is 0.798. The molecular formula is C12H24N2S. The third-order valence-corrected chi connectivity index (χ3v) is 4.13. The SMILES string of the molecule is CCC1(C)CSC(=NC(C)CC(C)C)N1. The van der Waals surface area contributed by atoms with Crippen molar-refractivity contribution in [2.24, 2.45) is 10.9 Å². The van der Waals surface area contributed by atoms with Gasteiger partial charge in [0.05, 0.1) is 6.04 Å². The van der Waals surface area contributed by atoms with Gasteiger partial charge >= 0.3 is 0 Å². The molecule has 0 aliphatic carbocycles. The number of aliphatic imine (C=N–C) groups is 1. The molecule has 0 saturated carbocycles. The molecule has 1 aliphatic rings. The topological polar surface area (TPSA) is 24.4 Å². The fourth-order valence-electron chi connectivity index (χ4n) is 1.75. The van der Waals surface area contributed by atoms with E-state index < -0.39 is 0 Å². The standard InChI is InChI=1S/C12H24N2S/c1-6-12(5)8-15-11(14-12)13-10(4)7-9(2)3/h9-10H,6-8H2,1-5H3,(H,13,14). The summed E-state index contributed by atoms with van der Waals surface area (Å²) in [5.41, 5.74) is 0.265. The second kappa shape index (κ2) is 5.24. The molecule has 0 radical (unpaired) electrons. The minimum atomic E-state index is 0.265. The van der Waals surface area contributed by atoms with Crippen molar-refractivity contribution in [2.75, 3.05) is 5.75 Å². The van der Waals surface area contributed by atoms with Crippen LogP contribution in [0.1, 0.15) is 47.5 Å². The molecule has 0 aromatic rings. The van der Waals surface area contributed by atoms with Crippen LogP contribution >= 0.6 is 11.8 Å². The van der Waals surface area contributed by atoms with Crippen molar-refractivity contribution in [3.8, 4) is 0 Å². The van der Waals surface area contributed by atoms with Crippen LogP contribution in [0.2, 0.25) is 0 Å². The Hall–Kier alpha value is -0.180. The summed E-state index contributed by atoms with van der Waals surface area (Å²) in [5.74, 6) is 1.88. The Morgan fingerprint density at radius 3 is 2.60 bits per heavy atom. The summed E-state index contributed by atoms with van der Waals surface area (Å²) < 4.78 is 0. The second-order valence-electron chi connectivity index (χ2n) is 5.24. The molecule has 0 amide bonds. The molecule has 2 atom stereocenters. The molecule has 1 N–H and O–H groups in total. The minimum absolute atomic E-state index is 0.265. The Morgan fingerprint density at radius 1 is 1.47 bits per heavy atom. The Labute approximate surface area is 98.3 Å². The zero-order chi connectivity index (χ0) is 11.5. The van der Waals surface area contributed by atoms with Crippen molar-refractivity contribution in [1.82, 2.24) is 5.32 Å². The first-order chi connectivity index (χ1) is 6.95. The van der Waals surface area contributed by atoms with Crippen LogP contribution in [0.3, 0.4) is 0 Å². The molecule has 1 rings (SSSR count). The first-order valence-corrected chi connectivity index (χ1v) is 6.92. The number of nitrogens with one attached hydrogen (secondary N) is 1. The highest BCUT2D eigenvalue weighted by atomic mass is 32.2. The maximum absolute atomic E-state index is 4.73. The lowest BCUT2D eigenvalue weighted by Crippen LogP contribution is -2.39. The molecule has 2 unspecified atom stereocenters. The lowest BCUT2D eigenvalue weighted by Gasteiger charge is -2.21. The molecule has 15 heavy (non-hydrogen) atoms. The van der Waals surface area contributed by atoms with Crippen LogP contribution in [0.15, 0.2) is 4.99 Å². The summed E-state index contributed by atoms with van der Waals surface area (Å²) in [6.07, 6.45) is 2.34. The number of nitrogens with zero attached hydrogens (tertiary/aromatic N) is 1. The van der Waals surface area contributed by atoms with Gasteiger partial charge in [0.2, 0.25) is 0 Å². The Bertz CT molecular complexity index is 238. The summed E-state index contributed by atoms with van der Waals surface area (Å²) >= 11 is 1.87. The van der Waals surface area contributed by atoms with Crippen LogP contribution in [-0.4, -0.2) is 22.5 Å². The lowest BCUT2D eigenvalue weighted by atomic mass is 10.0. The molecule has 1 aliphatic heterocycles. The molecule has 0 bridgehead atoms. The molecule has 88 valence electrons. The molecule has 3 heteroatoms. The van der Waals surface area contributed by atoms with Crippen LogP contribution in [0.25, 0.3) is 0 Å². The van der Waals surface area contributed by atoms with Gasteiger partial charge in [0.1, 0.15) is 0 Å². The molecule has 1 heterocycles. The van der Waals surface area contributed by atoms with E-state index in [-0.39, 0.29) is 5.54 Å². The number of hydrogen-bond donors (Lipinski definition) is 1. The second-order valence-corrected chi connectivity index (χ2v) is 6.20. The molecule has 0 spiro atoms. The van der Waals surface area contributed by atoms with Crippen molar-refractivity contribution in [3.05, 3.63) is 0 Å². The smallest absolute Gasteiger partial charge is 0.157 e. The molecular weight excluding hydrogens is 204 g/mol. The van der Waals surface area contributed by atoms with Gasteiger partial charge in [0, 0.05) is 11.3 Å². The molecule has 0 aromatic heterocycles. The van der Waals surface area contributed by atoms with E-state index in [9.17, 15) is 0 Å². The van der Waals surface area contributed by atoms with E-state index in [4.69, 9.17) is 4.99 Å². The number of hydrogen-bond acceptors (Lipinski definition) is 2. The zero-order valence-corrected chi connectivity index (χ0v) is 11.4. The van der Waals surface area contributed by atoms with Crippen molar-refractivity contribution < 1.29 is 0 Å². The summed E-state index contributed by atoms with van der Waals surface area (Å²) in [4.78, 5) is 4.73. The highest BCUT2D eigenvalue weighted by molar-refractivity contribution is 8.14. The molecule has 0 aromatic carbocycles. The van der Waals surface area contributed by atoms with Crippen molar-refractivity contribution in [1.29, 1.82) is 0 Å². The first-order valence-electron chi connectivity index (χ1n) is 5.94.